The molecule has 0 saturated carbocycles. The lowest BCUT2D eigenvalue weighted by Crippen LogP contribution is -2.20. The average molecular weight is 231 g/mol. The van der Waals surface area contributed by atoms with Crippen molar-refractivity contribution in [2.24, 2.45) is 7.05 Å². The fourth-order valence-corrected chi connectivity index (χ4v) is 1.72. The maximum absolute atomic E-state index is 4.39. The number of nitrogens with one attached hydrogen (secondary N) is 1. The highest BCUT2D eigenvalue weighted by molar-refractivity contribution is 5.10. The molecule has 0 radical (unpaired) electrons. The molecule has 2 aromatic heterocycles. The predicted molar refractivity (Wildman–Crippen MR) is 65.5 cm³/mol. The SMILES string of the molecule is CNC(Cc1ccn(C)n1)c1cnc(C)cn1. The molecule has 0 aliphatic carbocycles. The van der Waals surface area contributed by atoms with Crippen LogP contribution in [0, 0.1) is 6.92 Å². The van der Waals surface area contributed by atoms with Crippen LogP contribution in [0.25, 0.3) is 0 Å². The van der Waals surface area contributed by atoms with Gasteiger partial charge < -0.3 is 5.32 Å². The largest absolute Gasteiger partial charge is 0.311 e. The van der Waals surface area contributed by atoms with E-state index in [9.17, 15) is 0 Å². The molecule has 0 bridgehead atoms. The smallest absolute Gasteiger partial charge is 0.0760 e. The van der Waals surface area contributed by atoms with Crippen molar-refractivity contribution in [2.45, 2.75) is 19.4 Å². The third kappa shape index (κ3) is 2.88. The summed E-state index contributed by atoms with van der Waals surface area (Å²) in [6.07, 6.45) is 6.37. The van der Waals surface area contributed by atoms with Gasteiger partial charge in [0, 0.05) is 25.9 Å². The molecule has 0 aliphatic heterocycles. The van der Waals surface area contributed by atoms with E-state index < -0.39 is 0 Å². The van der Waals surface area contributed by atoms with Crippen LogP contribution in [-0.4, -0.2) is 26.8 Å². The van der Waals surface area contributed by atoms with Crippen LogP contribution in [0.5, 0.6) is 0 Å². The normalized spacial score (nSPS) is 12.6. The third-order valence-corrected chi connectivity index (χ3v) is 2.69. The maximum Gasteiger partial charge on any atom is 0.0760 e. The molecule has 1 N–H and O–H groups in total. The number of rotatable bonds is 4. The fraction of sp³-hybridized carbons (Fsp3) is 0.417. The number of hydrogen-bond donors (Lipinski definition) is 1. The first kappa shape index (κ1) is 11.7. The summed E-state index contributed by atoms with van der Waals surface area (Å²) in [4.78, 5) is 8.66. The first-order chi connectivity index (χ1) is 8.19. The molecule has 0 spiro atoms. The van der Waals surface area contributed by atoms with E-state index in [1.165, 1.54) is 0 Å². The van der Waals surface area contributed by atoms with Crippen molar-refractivity contribution in [3.05, 3.63) is 41.7 Å². The highest BCUT2D eigenvalue weighted by Gasteiger charge is 2.13. The monoisotopic (exact) mass is 231 g/mol. The molecule has 2 aromatic rings. The molecule has 0 amide bonds. The van der Waals surface area contributed by atoms with Crippen LogP contribution in [-0.2, 0) is 13.5 Å². The molecule has 0 aromatic carbocycles. The minimum absolute atomic E-state index is 0.151. The van der Waals surface area contributed by atoms with Gasteiger partial charge in [-0.15, -0.1) is 0 Å². The Balaban J connectivity index is 2.13. The van der Waals surface area contributed by atoms with Crippen LogP contribution in [0.1, 0.15) is 23.1 Å². The van der Waals surface area contributed by atoms with Gasteiger partial charge in [-0.2, -0.15) is 5.10 Å². The molecule has 90 valence electrons. The van der Waals surface area contributed by atoms with Crippen molar-refractivity contribution in [3.63, 3.8) is 0 Å². The van der Waals surface area contributed by atoms with Crippen molar-refractivity contribution < 1.29 is 0 Å². The highest BCUT2D eigenvalue weighted by Crippen LogP contribution is 2.14. The first-order valence-electron chi connectivity index (χ1n) is 5.63. The zero-order valence-corrected chi connectivity index (χ0v) is 10.4. The molecular formula is C12H17N5. The second kappa shape index (κ2) is 5.05. The molecular weight excluding hydrogens is 214 g/mol. The summed E-state index contributed by atoms with van der Waals surface area (Å²) in [6, 6.07) is 2.17. The van der Waals surface area contributed by atoms with Crippen LogP contribution in [0.3, 0.4) is 0 Å². The number of aromatic nitrogens is 4. The van der Waals surface area contributed by atoms with E-state index >= 15 is 0 Å². The quantitative estimate of drug-likeness (QED) is 0.853. The summed E-state index contributed by atoms with van der Waals surface area (Å²) < 4.78 is 1.81. The van der Waals surface area contributed by atoms with E-state index in [2.05, 4.69) is 20.4 Å². The third-order valence-electron chi connectivity index (χ3n) is 2.69. The molecule has 0 fully saturated rings. The molecule has 0 saturated heterocycles. The van der Waals surface area contributed by atoms with Gasteiger partial charge in [-0.25, -0.2) is 0 Å². The van der Waals surface area contributed by atoms with Crippen molar-refractivity contribution in [1.29, 1.82) is 0 Å². The van der Waals surface area contributed by atoms with E-state index in [1.54, 1.807) is 6.20 Å². The summed E-state index contributed by atoms with van der Waals surface area (Å²) in [5, 5.41) is 7.61. The summed E-state index contributed by atoms with van der Waals surface area (Å²) in [7, 11) is 3.85. The van der Waals surface area contributed by atoms with Crippen LogP contribution >= 0.6 is 0 Å². The Morgan fingerprint density at radius 3 is 2.71 bits per heavy atom. The van der Waals surface area contributed by atoms with Crippen molar-refractivity contribution >= 4 is 0 Å². The molecule has 17 heavy (non-hydrogen) atoms. The average Bonchev–Trinajstić information content (AvgIpc) is 2.73. The molecule has 2 heterocycles. The van der Waals surface area contributed by atoms with E-state index in [4.69, 9.17) is 0 Å². The Kier molecular flexibility index (Phi) is 3.49. The fourth-order valence-electron chi connectivity index (χ4n) is 1.72. The summed E-state index contributed by atoms with van der Waals surface area (Å²) in [6.45, 7) is 1.93. The van der Waals surface area contributed by atoms with E-state index in [0.29, 0.717) is 0 Å². The van der Waals surface area contributed by atoms with Gasteiger partial charge in [0.05, 0.1) is 29.3 Å². The van der Waals surface area contributed by atoms with E-state index in [-0.39, 0.29) is 6.04 Å². The zero-order valence-electron chi connectivity index (χ0n) is 10.4. The number of aryl methyl sites for hydroxylation is 2. The van der Waals surface area contributed by atoms with Gasteiger partial charge in [0.2, 0.25) is 0 Å². The molecule has 5 heteroatoms. The Labute approximate surface area is 101 Å². The van der Waals surface area contributed by atoms with Gasteiger partial charge in [0.15, 0.2) is 0 Å². The molecule has 2 rings (SSSR count). The van der Waals surface area contributed by atoms with Crippen LogP contribution in [0.15, 0.2) is 24.7 Å². The van der Waals surface area contributed by atoms with E-state index in [0.717, 1.165) is 23.5 Å². The minimum Gasteiger partial charge on any atom is -0.311 e. The standard InChI is InChI=1S/C12H17N5/c1-9-7-15-12(8-14-9)11(13-2)6-10-4-5-17(3)16-10/h4-5,7-8,11,13H,6H2,1-3H3. The Bertz CT molecular complexity index is 474. The maximum atomic E-state index is 4.39. The molecule has 0 aliphatic rings. The molecule has 5 nitrogen and oxygen atoms in total. The van der Waals surface area contributed by atoms with Gasteiger partial charge >= 0.3 is 0 Å². The highest BCUT2D eigenvalue weighted by atomic mass is 15.2. The topological polar surface area (TPSA) is 55.6 Å². The number of nitrogens with zero attached hydrogens (tertiary/aromatic N) is 4. The molecule has 1 atom stereocenters. The number of likely N-dealkylation sites (N-methyl/N-ethyl adjacent to an activating group) is 1. The van der Waals surface area contributed by atoms with Crippen LogP contribution in [0.4, 0.5) is 0 Å². The second-order valence-corrected chi connectivity index (χ2v) is 4.11. The minimum atomic E-state index is 0.151. The lowest BCUT2D eigenvalue weighted by molar-refractivity contribution is 0.560. The van der Waals surface area contributed by atoms with Gasteiger partial charge in [-0.1, -0.05) is 0 Å². The second-order valence-electron chi connectivity index (χ2n) is 4.11. The van der Waals surface area contributed by atoms with E-state index in [1.807, 2.05) is 44.2 Å². The van der Waals surface area contributed by atoms with Gasteiger partial charge in [-0.05, 0) is 20.0 Å². The zero-order chi connectivity index (χ0) is 12.3. The van der Waals surface area contributed by atoms with Crippen molar-refractivity contribution in [2.75, 3.05) is 7.05 Å². The molecule has 1 unspecified atom stereocenters. The van der Waals surface area contributed by atoms with Gasteiger partial charge in [0.25, 0.3) is 0 Å². The van der Waals surface area contributed by atoms with Crippen LogP contribution < -0.4 is 5.32 Å². The lowest BCUT2D eigenvalue weighted by Gasteiger charge is -2.13. The van der Waals surface area contributed by atoms with Crippen LogP contribution in [0.2, 0.25) is 0 Å². The van der Waals surface area contributed by atoms with Crippen molar-refractivity contribution in [3.8, 4) is 0 Å². The Morgan fingerprint density at radius 1 is 1.35 bits per heavy atom. The number of hydrogen-bond acceptors (Lipinski definition) is 4. The van der Waals surface area contributed by atoms with Gasteiger partial charge in [-0.3, -0.25) is 14.6 Å². The summed E-state index contributed by atoms with van der Waals surface area (Å²) in [5.41, 5.74) is 2.93. The predicted octanol–water partition coefficient (Wildman–Crippen LogP) is 1.02. The lowest BCUT2D eigenvalue weighted by atomic mass is 10.1. The summed E-state index contributed by atoms with van der Waals surface area (Å²) in [5.74, 6) is 0. The Morgan fingerprint density at radius 2 is 2.18 bits per heavy atom. The summed E-state index contributed by atoms with van der Waals surface area (Å²) >= 11 is 0. The Hall–Kier alpha value is -1.75. The van der Waals surface area contributed by atoms with Crippen molar-refractivity contribution in [1.82, 2.24) is 25.1 Å². The van der Waals surface area contributed by atoms with Gasteiger partial charge in [0.1, 0.15) is 0 Å². The first-order valence-corrected chi connectivity index (χ1v) is 5.63.